The van der Waals surface area contributed by atoms with Crippen molar-refractivity contribution in [1.29, 1.82) is 0 Å². The molecule has 0 aromatic heterocycles. The average Bonchev–Trinajstić information content (AvgIpc) is 2.66. The molecule has 1 heterocycles. The molecule has 1 saturated heterocycles. The summed E-state index contributed by atoms with van der Waals surface area (Å²) in [7, 11) is 1.88. The van der Waals surface area contributed by atoms with Crippen LogP contribution in [0.3, 0.4) is 0 Å². The highest BCUT2D eigenvalue weighted by Gasteiger charge is 2.34. The summed E-state index contributed by atoms with van der Waals surface area (Å²) >= 11 is 0. The molecule has 1 aliphatic heterocycles. The number of carbonyl (C=O) groups is 1. The molecule has 2 aliphatic rings. The lowest BCUT2D eigenvalue weighted by Gasteiger charge is -2.40. The molecular formula is C23H31F3N2O2. The number of alkyl halides is 3. The van der Waals surface area contributed by atoms with Crippen LogP contribution < -0.4 is 4.74 Å². The highest BCUT2D eigenvalue weighted by Crippen LogP contribution is 2.30. The first-order valence-corrected chi connectivity index (χ1v) is 10.7. The number of benzene rings is 1. The maximum atomic E-state index is 12.3. The Hall–Kier alpha value is -2.02. The Morgan fingerprint density at radius 3 is 2.73 bits per heavy atom. The van der Waals surface area contributed by atoms with Crippen molar-refractivity contribution in [3.05, 3.63) is 34.9 Å². The molecule has 1 amide bonds. The van der Waals surface area contributed by atoms with E-state index >= 15 is 0 Å². The van der Waals surface area contributed by atoms with Crippen molar-refractivity contribution in [1.82, 2.24) is 9.80 Å². The molecular weight excluding hydrogens is 393 g/mol. The number of rotatable bonds is 9. The summed E-state index contributed by atoms with van der Waals surface area (Å²) in [6, 6.07) is 5.75. The summed E-state index contributed by atoms with van der Waals surface area (Å²) in [4.78, 5) is 16.5. The molecule has 0 radical (unpaired) electrons. The van der Waals surface area contributed by atoms with Crippen LogP contribution >= 0.6 is 0 Å². The third-order valence-electron chi connectivity index (χ3n) is 5.73. The van der Waals surface area contributed by atoms with Gasteiger partial charge in [0.1, 0.15) is 5.75 Å². The van der Waals surface area contributed by atoms with Crippen LogP contribution in [0.15, 0.2) is 23.8 Å². The molecule has 7 heteroatoms. The van der Waals surface area contributed by atoms with Gasteiger partial charge in [0, 0.05) is 39.6 Å². The molecule has 1 aliphatic carbocycles. The van der Waals surface area contributed by atoms with Crippen LogP contribution in [-0.2, 0) is 11.2 Å². The summed E-state index contributed by atoms with van der Waals surface area (Å²) in [5.41, 5.74) is 3.67. The van der Waals surface area contributed by atoms with Crippen molar-refractivity contribution in [2.75, 3.05) is 39.8 Å². The predicted molar refractivity (Wildman–Crippen MR) is 111 cm³/mol. The SMILES string of the molecule is CCCN(C)C(=O)C1CN(CC2=Cc3ccc(OCCCC(F)(F)F)cc3CC2)C1. The van der Waals surface area contributed by atoms with Crippen molar-refractivity contribution in [3.8, 4) is 5.75 Å². The molecule has 0 spiro atoms. The van der Waals surface area contributed by atoms with E-state index in [1.54, 1.807) is 0 Å². The van der Waals surface area contributed by atoms with Crippen molar-refractivity contribution in [2.24, 2.45) is 5.92 Å². The number of aryl methyl sites for hydroxylation is 1. The zero-order chi connectivity index (χ0) is 21.7. The number of likely N-dealkylation sites (tertiary alicyclic amines) is 1. The summed E-state index contributed by atoms with van der Waals surface area (Å²) in [6.07, 6.45) is 0.0529. The van der Waals surface area contributed by atoms with Gasteiger partial charge in [-0.05, 0) is 48.9 Å². The molecule has 1 aromatic rings. The van der Waals surface area contributed by atoms with Gasteiger partial charge in [0.25, 0.3) is 0 Å². The average molecular weight is 425 g/mol. The lowest BCUT2D eigenvalue weighted by molar-refractivity contribution is -0.139. The zero-order valence-corrected chi connectivity index (χ0v) is 17.8. The Bertz CT molecular complexity index is 770. The lowest BCUT2D eigenvalue weighted by Crippen LogP contribution is -2.54. The lowest BCUT2D eigenvalue weighted by atomic mass is 9.90. The van der Waals surface area contributed by atoms with E-state index in [-0.39, 0.29) is 24.9 Å². The van der Waals surface area contributed by atoms with Gasteiger partial charge in [-0.25, -0.2) is 0 Å². The van der Waals surface area contributed by atoms with Gasteiger partial charge in [-0.1, -0.05) is 24.6 Å². The number of ether oxygens (including phenoxy) is 1. The Labute approximate surface area is 176 Å². The van der Waals surface area contributed by atoms with Gasteiger partial charge in [0.15, 0.2) is 0 Å². The van der Waals surface area contributed by atoms with E-state index in [9.17, 15) is 18.0 Å². The van der Waals surface area contributed by atoms with E-state index in [2.05, 4.69) is 17.9 Å². The first-order chi connectivity index (χ1) is 14.2. The van der Waals surface area contributed by atoms with E-state index in [1.807, 2.05) is 30.1 Å². The summed E-state index contributed by atoms with van der Waals surface area (Å²) in [6.45, 7) is 5.49. The van der Waals surface area contributed by atoms with Gasteiger partial charge in [-0.3, -0.25) is 9.69 Å². The second kappa shape index (κ2) is 9.86. The summed E-state index contributed by atoms with van der Waals surface area (Å²) in [5, 5.41) is 0. The topological polar surface area (TPSA) is 32.8 Å². The minimum Gasteiger partial charge on any atom is -0.494 e. The van der Waals surface area contributed by atoms with Crippen LogP contribution in [0.5, 0.6) is 5.75 Å². The zero-order valence-electron chi connectivity index (χ0n) is 17.8. The maximum Gasteiger partial charge on any atom is 0.389 e. The van der Waals surface area contributed by atoms with Gasteiger partial charge in [-0.15, -0.1) is 0 Å². The summed E-state index contributed by atoms with van der Waals surface area (Å²) < 4.78 is 42.1. The smallest absolute Gasteiger partial charge is 0.389 e. The van der Waals surface area contributed by atoms with Crippen LogP contribution in [-0.4, -0.2) is 61.7 Å². The second-order valence-corrected chi connectivity index (χ2v) is 8.38. The molecule has 166 valence electrons. The Morgan fingerprint density at radius 2 is 2.03 bits per heavy atom. The first kappa shape index (κ1) is 22.7. The second-order valence-electron chi connectivity index (χ2n) is 8.38. The number of halogens is 3. The van der Waals surface area contributed by atoms with E-state index < -0.39 is 12.6 Å². The van der Waals surface area contributed by atoms with Crippen LogP contribution in [0.1, 0.15) is 43.7 Å². The predicted octanol–water partition coefficient (Wildman–Crippen LogP) is 4.54. The minimum atomic E-state index is -4.13. The van der Waals surface area contributed by atoms with Crippen LogP contribution in [0, 0.1) is 5.92 Å². The molecule has 0 unspecified atom stereocenters. The number of nitrogens with zero attached hydrogens (tertiary/aromatic N) is 2. The highest BCUT2D eigenvalue weighted by atomic mass is 19.4. The number of carbonyl (C=O) groups excluding carboxylic acids is 1. The Balaban J connectivity index is 1.46. The number of fused-ring (bicyclic) bond motifs is 1. The standard InChI is InChI=1S/C23H31F3N2O2/c1-3-10-27(2)22(29)20-15-28(16-20)14-17-5-6-19-13-21(8-7-18(19)12-17)30-11-4-9-23(24,25)26/h7-8,12-13,20H,3-6,9-11,14-16H2,1-2H3. The molecule has 4 nitrogen and oxygen atoms in total. The first-order valence-electron chi connectivity index (χ1n) is 10.7. The normalized spacial score (nSPS) is 17.2. The fraction of sp³-hybridized carbons (Fsp3) is 0.609. The van der Waals surface area contributed by atoms with Crippen molar-refractivity contribution in [2.45, 2.75) is 45.2 Å². The fourth-order valence-electron chi connectivity index (χ4n) is 4.10. The number of amides is 1. The van der Waals surface area contributed by atoms with Gasteiger partial charge < -0.3 is 9.64 Å². The van der Waals surface area contributed by atoms with E-state index in [0.29, 0.717) is 5.75 Å². The fourth-order valence-corrected chi connectivity index (χ4v) is 4.10. The third kappa shape index (κ3) is 6.24. The van der Waals surface area contributed by atoms with E-state index in [4.69, 9.17) is 4.74 Å². The van der Waals surface area contributed by atoms with E-state index in [0.717, 1.165) is 51.0 Å². The van der Waals surface area contributed by atoms with Crippen LogP contribution in [0.25, 0.3) is 6.08 Å². The molecule has 1 fully saturated rings. The van der Waals surface area contributed by atoms with Gasteiger partial charge in [0.05, 0.1) is 12.5 Å². The quantitative estimate of drug-likeness (QED) is 0.546. The van der Waals surface area contributed by atoms with Crippen molar-refractivity contribution < 1.29 is 22.7 Å². The van der Waals surface area contributed by atoms with Crippen LogP contribution in [0.4, 0.5) is 13.2 Å². The molecule has 0 bridgehead atoms. The van der Waals surface area contributed by atoms with Gasteiger partial charge in [0.2, 0.25) is 5.91 Å². The van der Waals surface area contributed by atoms with Gasteiger partial charge >= 0.3 is 6.18 Å². The highest BCUT2D eigenvalue weighted by molar-refractivity contribution is 5.80. The van der Waals surface area contributed by atoms with E-state index in [1.165, 1.54) is 11.1 Å². The van der Waals surface area contributed by atoms with Crippen molar-refractivity contribution in [3.63, 3.8) is 0 Å². The largest absolute Gasteiger partial charge is 0.494 e. The monoisotopic (exact) mass is 424 g/mol. The molecule has 0 saturated carbocycles. The van der Waals surface area contributed by atoms with Gasteiger partial charge in [-0.2, -0.15) is 13.2 Å². The van der Waals surface area contributed by atoms with Crippen molar-refractivity contribution >= 4 is 12.0 Å². The molecule has 0 atom stereocenters. The Kier molecular flexibility index (Phi) is 7.45. The minimum absolute atomic E-state index is 0.0296. The summed E-state index contributed by atoms with van der Waals surface area (Å²) in [5.74, 6) is 1.00. The number of hydrogen-bond donors (Lipinski definition) is 0. The van der Waals surface area contributed by atoms with Crippen LogP contribution in [0.2, 0.25) is 0 Å². The molecule has 0 N–H and O–H groups in total. The third-order valence-corrected chi connectivity index (χ3v) is 5.73. The maximum absolute atomic E-state index is 12.3. The molecule has 30 heavy (non-hydrogen) atoms. The molecule has 1 aromatic carbocycles. The number of hydrogen-bond acceptors (Lipinski definition) is 3. The Morgan fingerprint density at radius 1 is 1.27 bits per heavy atom. The molecule has 3 rings (SSSR count).